The number of ether oxygens (including phenoxy) is 3. The first-order valence-corrected chi connectivity index (χ1v) is 5.79. The molecule has 1 atom stereocenters. The molecule has 0 fully saturated rings. The number of amides is 1. The van der Waals surface area contributed by atoms with Gasteiger partial charge >= 0.3 is 5.97 Å². The molecule has 0 bridgehead atoms. The van der Waals surface area contributed by atoms with Gasteiger partial charge in [0.15, 0.2) is 17.5 Å². The summed E-state index contributed by atoms with van der Waals surface area (Å²) in [6, 6.07) is 3.45. The van der Waals surface area contributed by atoms with E-state index in [9.17, 15) is 9.59 Å². The topological polar surface area (TPSA) is 94.1 Å². The van der Waals surface area contributed by atoms with E-state index in [0.29, 0.717) is 11.5 Å². The number of hydrogen-bond donors (Lipinski definition) is 2. The van der Waals surface area contributed by atoms with Crippen LogP contribution in [0.3, 0.4) is 0 Å². The summed E-state index contributed by atoms with van der Waals surface area (Å²) in [5, 5.41) is 11.4. The van der Waals surface area contributed by atoms with Crippen molar-refractivity contribution in [3.63, 3.8) is 0 Å². The van der Waals surface area contributed by atoms with Gasteiger partial charge in [-0.25, -0.2) is 4.79 Å². The van der Waals surface area contributed by atoms with Gasteiger partial charge in [0.1, 0.15) is 0 Å². The monoisotopic (exact) mass is 283 g/mol. The van der Waals surface area contributed by atoms with Crippen molar-refractivity contribution in [2.75, 3.05) is 27.9 Å². The molecule has 0 heterocycles. The Morgan fingerprint density at radius 2 is 1.85 bits per heavy atom. The SMILES string of the molecule is COC(=O)[C@@H](CO)NC(=O)c1ccc(OC)c(OC)c1. The molecule has 1 aromatic rings. The number of esters is 1. The maximum Gasteiger partial charge on any atom is 0.330 e. The smallest absolute Gasteiger partial charge is 0.330 e. The molecule has 7 heteroatoms. The van der Waals surface area contributed by atoms with E-state index < -0.39 is 24.5 Å². The van der Waals surface area contributed by atoms with Gasteiger partial charge in [0.25, 0.3) is 5.91 Å². The molecule has 1 amide bonds. The lowest BCUT2D eigenvalue weighted by molar-refractivity contribution is -0.143. The second-order valence-corrected chi connectivity index (χ2v) is 3.80. The standard InChI is InChI=1S/C13H17NO6/c1-18-10-5-4-8(6-11(10)19-2)12(16)14-9(7-15)13(17)20-3/h4-6,9,15H,7H2,1-3H3,(H,14,16)/t9-/m1/s1. The summed E-state index contributed by atoms with van der Waals surface area (Å²) in [5.74, 6) is -0.383. The average Bonchev–Trinajstić information content (AvgIpc) is 2.50. The maximum absolute atomic E-state index is 12.0. The Bertz CT molecular complexity index is 488. The Balaban J connectivity index is 2.89. The van der Waals surface area contributed by atoms with Crippen molar-refractivity contribution in [3.8, 4) is 11.5 Å². The van der Waals surface area contributed by atoms with E-state index in [2.05, 4.69) is 10.1 Å². The minimum Gasteiger partial charge on any atom is -0.493 e. The lowest BCUT2D eigenvalue weighted by atomic mass is 10.1. The second-order valence-electron chi connectivity index (χ2n) is 3.80. The van der Waals surface area contributed by atoms with Crippen LogP contribution in [0.25, 0.3) is 0 Å². The zero-order valence-electron chi connectivity index (χ0n) is 11.5. The van der Waals surface area contributed by atoms with E-state index in [1.807, 2.05) is 0 Å². The van der Waals surface area contributed by atoms with Crippen LogP contribution in [0, 0.1) is 0 Å². The predicted octanol–water partition coefficient (Wildman–Crippen LogP) is -0.0325. The van der Waals surface area contributed by atoms with Crippen molar-refractivity contribution in [1.29, 1.82) is 0 Å². The number of nitrogens with one attached hydrogen (secondary N) is 1. The highest BCUT2D eigenvalue weighted by molar-refractivity contribution is 5.97. The summed E-state index contributed by atoms with van der Waals surface area (Å²) in [6.45, 7) is -0.550. The average molecular weight is 283 g/mol. The fourth-order valence-electron chi connectivity index (χ4n) is 1.54. The molecule has 0 aliphatic carbocycles. The van der Waals surface area contributed by atoms with Gasteiger partial charge in [-0.15, -0.1) is 0 Å². The zero-order valence-corrected chi connectivity index (χ0v) is 11.5. The second kappa shape index (κ2) is 7.34. The Kier molecular flexibility index (Phi) is 5.79. The Hall–Kier alpha value is -2.28. The maximum atomic E-state index is 12.0. The van der Waals surface area contributed by atoms with Gasteiger partial charge in [-0.3, -0.25) is 4.79 Å². The highest BCUT2D eigenvalue weighted by Gasteiger charge is 2.21. The molecule has 110 valence electrons. The van der Waals surface area contributed by atoms with Crippen molar-refractivity contribution in [2.24, 2.45) is 0 Å². The van der Waals surface area contributed by atoms with Crippen LogP contribution in [0.1, 0.15) is 10.4 Å². The van der Waals surface area contributed by atoms with E-state index in [1.165, 1.54) is 33.5 Å². The predicted molar refractivity (Wildman–Crippen MR) is 69.9 cm³/mol. The minimum absolute atomic E-state index is 0.269. The largest absolute Gasteiger partial charge is 0.493 e. The summed E-state index contributed by atoms with van der Waals surface area (Å²) >= 11 is 0. The van der Waals surface area contributed by atoms with Gasteiger partial charge in [0.05, 0.1) is 27.9 Å². The Labute approximate surface area is 116 Å². The molecule has 1 rings (SSSR count). The van der Waals surface area contributed by atoms with Crippen molar-refractivity contribution in [3.05, 3.63) is 23.8 Å². The minimum atomic E-state index is -1.11. The first-order chi connectivity index (χ1) is 9.57. The van der Waals surface area contributed by atoms with Crippen LogP contribution in [0.15, 0.2) is 18.2 Å². The van der Waals surface area contributed by atoms with Gasteiger partial charge < -0.3 is 24.6 Å². The van der Waals surface area contributed by atoms with Gasteiger partial charge in [-0.1, -0.05) is 0 Å². The Morgan fingerprint density at radius 1 is 1.20 bits per heavy atom. The van der Waals surface area contributed by atoms with Gasteiger partial charge in [0.2, 0.25) is 0 Å². The van der Waals surface area contributed by atoms with Crippen LogP contribution in [0.2, 0.25) is 0 Å². The molecule has 0 saturated heterocycles. The quantitative estimate of drug-likeness (QED) is 0.712. The number of benzene rings is 1. The van der Waals surface area contributed by atoms with Crippen LogP contribution in [0.4, 0.5) is 0 Å². The molecule has 0 aromatic heterocycles. The number of aliphatic hydroxyl groups excluding tert-OH is 1. The van der Waals surface area contributed by atoms with E-state index >= 15 is 0 Å². The third-order valence-corrected chi connectivity index (χ3v) is 2.62. The van der Waals surface area contributed by atoms with Crippen molar-refractivity contribution >= 4 is 11.9 Å². The molecule has 0 radical (unpaired) electrons. The van der Waals surface area contributed by atoms with Crippen LogP contribution in [0.5, 0.6) is 11.5 Å². The highest BCUT2D eigenvalue weighted by Crippen LogP contribution is 2.27. The molecule has 0 unspecified atom stereocenters. The molecule has 20 heavy (non-hydrogen) atoms. The van der Waals surface area contributed by atoms with Gasteiger partial charge in [-0.05, 0) is 18.2 Å². The van der Waals surface area contributed by atoms with Crippen molar-refractivity contribution in [2.45, 2.75) is 6.04 Å². The first-order valence-electron chi connectivity index (χ1n) is 5.79. The summed E-state index contributed by atoms with van der Waals surface area (Å²) in [7, 11) is 4.11. The fourth-order valence-corrected chi connectivity index (χ4v) is 1.54. The van der Waals surface area contributed by atoms with Crippen molar-refractivity contribution in [1.82, 2.24) is 5.32 Å². The van der Waals surface area contributed by atoms with Gasteiger partial charge in [0, 0.05) is 5.56 Å². The number of rotatable bonds is 6. The van der Waals surface area contributed by atoms with E-state index in [-0.39, 0.29) is 5.56 Å². The van der Waals surface area contributed by atoms with Crippen LogP contribution >= 0.6 is 0 Å². The lowest BCUT2D eigenvalue weighted by Gasteiger charge is -2.14. The third-order valence-electron chi connectivity index (χ3n) is 2.62. The summed E-state index contributed by atoms with van der Waals surface area (Å²) < 4.78 is 14.6. The summed E-state index contributed by atoms with van der Waals surface area (Å²) in [5.41, 5.74) is 0.269. The molecule has 0 saturated carbocycles. The Morgan fingerprint density at radius 3 is 2.35 bits per heavy atom. The van der Waals surface area contributed by atoms with Crippen molar-refractivity contribution < 1.29 is 28.9 Å². The van der Waals surface area contributed by atoms with Crippen LogP contribution in [-0.4, -0.2) is 51.0 Å². The number of hydrogen-bond acceptors (Lipinski definition) is 6. The summed E-state index contributed by atoms with van der Waals surface area (Å²) in [6.07, 6.45) is 0. The summed E-state index contributed by atoms with van der Waals surface area (Å²) in [4.78, 5) is 23.3. The first kappa shape index (κ1) is 15.8. The molecule has 0 spiro atoms. The molecule has 1 aromatic carbocycles. The number of methoxy groups -OCH3 is 3. The third kappa shape index (κ3) is 3.61. The number of carbonyl (C=O) groups excluding carboxylic acids is 2. The van der Waals surface area contributed by atoms with Crippen LogP contribution in [-0.2, 0) is 9.53 Å². The normalized spacial score (nSPS) is 11.4. The fraction of sp³-hybridized carbons (Fsp3) is 0.385. The zero-order chi connectivity index (χ0) is 15.1. The van der Waals surface area contributed by atoms with E-state index in [0.717, 1.165) is 0 Å². The van der Waals surface area contributed by atoms with E-state index in [4.69, 9.17) is 14.6 Å². The molecule has 7 nitrogen and oxygen atoms in total. The highest BCUT2D eigenvalue weighted by atomic mass is 16.5. The number of carbonyl (C=O) groups is 2. The molecular formula is C13H17NO6. The van der Waals surface area contributed by atoms with Gasteiger partial charge in [-0.2, -0.15) is 0 Å². The number of aliphatic hydroxyl groups is 1. The molecular weight excluding hydrogens is 266 g/mol. The molecule has 0 aliphatic rings. The van der Waals surface area contributed by atoms with E-state index in [1.54, 1.807) is 6.07 Å². The molecule has 2 N–H and O–H groups in total. The van der Waals surface area contributed by atoms with Crippen LogP contribution < -0.4 is 14.8 Å². The molecule has 0 aliphatic heterocycles. The lowest BCUT2D eigenvalue weighted by Crippen LogP contribution is -2.44.